The minimum absolute atomic E-state index is 0.0279. The molecule has 1 aliphatic heterocycles. The molecule has 156 valence electrons. The Morgan fingerprint density at radius 1 is 1.28 bits per heavy atom. The third-order valence-corrected chi connectivity index (χ3v) is 6.42. The monoisotopic (exact) mass is 395 g/mol. The molecule has 0 amide bonds. The molecule has 4 rings (SSSR count). The first kappa shape index (κ1) is 19.8. The van der Waals surface area contributed by atoms with Crippen molar-refractivity contribution in [3.63, 3.8) is 0 Å². The van der Waals surface area contributed by atoms with Gasteiger partial charge in [0.25, 0.3) is 0 Å². The van der Waals surface area contributed by atoms with E-state index in [0.717, 1.165) is 43.2 Å². The van der Waals surface area contributed by atoms with Gasteiger partial charge in [-0.2, -0.15) is 5.10 Å². The summed E-state index contributed by atoms with van der Waals surface area (Å²) in [7, 11) is 1.99. The van der Waals surface area contributed by atoms with Gasteiger partial charge in [0.15, 0.2) is 5.96 Å². The number of ether oxygens (including phenoxy) is 1. The van der Waals surface area contributed by atoms with Gasteiger partial charge in [0.1, 0.15) is 11.4 Å². The Kier molecular flexibility index (Phi) is 5.52. The topological polar surface area (TPSA) is 63.5 Å². The van der Waals surface area contributed by atoms with Crippen molar-refractivity contribution in [3.05, 3.63) is 46.8 Å². The number of hydrogen-bond acceptors (Lipinski definition) is 3. The molecule has 1 aromatic carbocycles. The fourth-order valence-electron chi connectivity index (χ4n) is 4.76. The van der Waals surface area contributed by atoms with Gasteiger partial charge in [0.05, 0.1) is 18.3 Å². The largest absolute Gasteiger partial charge is 0.487 e. The van der Waals surface area contributed by atoms with Crippen molar-refractivity contribution in [2.75, 3.05) is 6.54 Å². The molecule has 6 nitrogen and oxygen atoms in total. The molecule has 0 saturated heterocycles. The number of nitrogens with zero attached hydrogens (tertiary/aromatic N) is 3. The molecule has 2 aromatic rings. The predicted molar refractivity (Wildman–Crippen MR) is 116 cm³/mol. The molecule has 2 heterocycles. The minimum Gasteiger partial charge on any atom is -0.487 e. The van der Waals surface area contributed by atoms with Crippen molar-refractivity contribution in [2.45, 2.75) is 71.1 Å². The minimum atomic E-state index is -0.0279. The van der Waals surface area contributed by atoms with Gasteiger partial charge in [-0.3, -0.25) is 4.68 Å². The van der Waals surface area contributed by atoms with Gasteiger partial charge in [-0.05, 0) is 52.5 Å². The zero-order chi connectivity index (χ0) is 20.4. The average Bonchev–Trinajstić information content (AvgIpc) is 3.24. The van der Waals surface area contributed by atoms with Crippen LogP contribution in [0.25, 0.3) is 0 Å². The highest BCUT2D eigenvalue weighted by Gasteiger charge is 2.43. The zero-order valence-corrected chi connectivity index (χ0v) is 18.1. The Bertz CT molecular complexity index is 895. The Morgan fingerprint density at radius 2 is 2.03 bits per heavy atom. The lowest BCUT2D eigenvalue weighted by Crippen LogP contribution is -2.46. The van der Waals surface area contributed by atoms with Gasteiger partial charge in [-0.15, -0.1) is 0 Å². The van der Waals surface area contributed by atoms with Crippen LogP contribution in [0.3, 0.4) is 0 Å². The lowest BCUT2D eigenvalue weighted by Gasteiger charge is -2.40. The van der Waals surface area contributed by atoms with Crippen LogP contribution in [-0.4, -0.2) is 27.9 Å². The van der Waals surface area contributed by atoms with Gasteiger partial charge >= 0.3 is 0 Å². The predicted octanol–water partition coefficient (Wildman–Crippen LogP) is 3.93. The van der Waals surface area contributed by atoms with E-state index in [-0.39, 0.29) is 11.6 Å². The normalized spacial score (nSPS) is 20.4. The summed E-state index contributed by atoms with van der Waals surface area (Å²) in [6.45, 7) is 7.71. The number of benzene rings is 1. The molecule has 1 fully saturated rings. The van der Waals surface area contributed by atoms with Gasteiger partial charge in [-0.1, -0.05) is 18.2 Å². The molecule has 1 spiro atoms. The van der Waals surface area contributed by atoms with Crippen LogP contribution in [0.1, 0.15) is 67.6 Å². The SMILES string of the molecule is CCNC(=NCc1c(C)nn(C)c1C)NC1CC2(CCCC2)Oc2ccccc21. The van der Waals surface area contributed by atoms with Gasteiger partial charge in [0, 0.05) is 36.8 Å². The Balaban J connectivity index is 1.58. The molecule has 2 aliphatic rings. The first-order valence-corrected chi connectivity index (χ1v) is 10.8. The van der Waals surface area contributed by atoms with Crippen LogP contribution in [0.15, 0.2) is 29.3 Å². The van der Waals surface area contributed by atoms with Crippen LogP contribution < -0.4 is 15.4 Å². The van der Waals surface area contributed by atoms with E-state index in [1.807, 2.05) is 11.7 Å². The van der Waals surface area contributed by atoms with Gasteiger partial charge in [0.2, 0.25) is 0 Å². The second-order valence-electron chi connectivity index (χ2n) is 8.40. The molecule has 1 saturated carbocycles. The standard InChI is InChI=1S/C23H33N5O/c1-5-24-22(25-15-19-16(2)27-28(4)17(19)3)26-20-14-23(12-8-9-13-23)29-21-11-7-6-10-18(20)21/h6-7,10-11,20H,5,8-9,12-15H2,1-4H3,(H2,24,25,26). The van der Waals surface area contributed by atoms with E-state index in [1.165, 1.54) is 29.7 Å². The lowest BCUT2D eigenvalue weighted by molar-refractivity contribution is 0.0396. The number of aliphatic imine (C=N–C) groups is 1. The van der Waals surface area contributed by atoms with Crippen molar-refractivity contribution < 1.29 is 4.74 Å². The molecular formula is C23H33N5O. The highest BCUT2D eigenvalue weighted by molar-refractivity contribution is 5.80. The Morgan fingerprint density at radius 3 is 2.72 bits per heavy atom. The number of rotatable bonds is 4. The van der Waals surface area contributed by atoms with Crippen molar-refractivity contribution in [3.8, 4) is 5.75 Å². The number of guanidine groups is 1. The van der Waals surface area contributed by atoms with Crippen LogP contribution in [0.4, 0.5) is 0 Å². The molecule has 1 aromatic heterocycles. The fourth-order valence-corrected chi connectivity index (χ4v) is 4.76. The summed E-state index contributed by atoms with van der Waals surface area (Å²) < 4.78 is 8.43. The van der Waals surface area contributed by atoms with Gasteiger partial charge in [-0.25, -0.2) is 4.99 Å². The molecule has 0 radical (unpaired) electrons. The molecule has 1 unspecified atom stereocenters. The van der Waals surface area contributed by atoms with Crippen LogP contribution in [0.2, 0.25) is 0 Å². The maximum atomic E-state index is 6.50. The van der Waals surface area contributed by atoms with Crippen LogP contribution >= 0.6 is 0 Å². The first-order valence-electron chi connectivity index (χ1n) is 10.8. The number of para-hydroxylation sites is 1. The smallest absolute Gasteiger partial charge is 0.192 e. The maximum Gasteiger partial charge on any atom is 0.192 e. The van der Waals surface area contributed by atoms with E-state index in [2.05, 4.69) is 60.8 Å². The fraction of sp³-hybridized carbons (Fsp3) is 0.565. The van der Waals surface area contributed by atoms with E-state index in [0.29, 0.717) is 6.54 Å². The van der Waals surface area contributed by atoms with Crippen molar-refractivity contribution in [1.29, 1.82) is 0 Å². The summed E-state index contributed by atoms with van der Waals surface area (Å²) in [5, 5.41) is 11.7. The second kappa shape index (κ2) is 8.09. The van der Waals surface area contributed by atoms with E-state index in [4.69, 9.17) is 9.73 Å². The molecule has 2 N–H and O–H groups in total. The van der Waals surface area contributed by atoms with Crippen LogP contribution in [0.5, 0.6) is 5.75 Å². The summed E-state index contributed by atoms with van der Waals surface area (Å²) in [6, 6.07) is 8.64. The Hall–Kier alpha value is -2.50. The highest BCUT2D eigenvalue weighted by Crippen LogP contribution is 2.46. The molecule has 29 heavy (non-hydrogen) atoms. The Labute approximate surface area is 173 Å². The molecular weight excluding hydrogens is 362 g/mol. The summed E-state index contributed by atoms with van der Waals surface area (Å²) in [5.74, 6) is 1.87. The number of nitrogens with one attached hydrogen (secondary N) is 2. The van der Waals surface area contributed by atoms with Crippen molar-refractivity contribution >= 4 is 5.96 Å². The third-order valence-electron chi connectivity index (χ3n) is 6.42. The van der Waals surface area contributed by atoms with Crippen molar-refractivity contribution in [1.82, 2.24) is 20.4 Å². The summed E-state index contributed by atoms with van der Waals surface area (Å²) in [4.78, 5) is 4.90. The third kappa shape index (κ3) is 3.98. The molecule has 1 aliphatic carbocycles. The van der Waals surface area contributed by atoms with Crippen LogP contribution in [-0.2, 0) is 13.6 Å². The number of aryl methyl sites for hydroxylation is 2. The number of hydrogen-bond donors (Lipinski definition) is 2. The highest BCUT2D eigenvalue weighted by atomic mass is 16.5. The van der Waals surface area contributed by atoms with E-state index >= 15 is 0 Å². The lowest BCUT2D eigenvalue weighted by atomic mass is 9.86. The van der Waals surface area contributed by atoms with E-state index in [9.17, 15) is 0 Å². The van der Waals surface area contributed by atoms with Crippen LogP contribution in [0, 0.1) is 13.8 Å². The summed E-state index contributed by atoms with van der Waals surface area (Å²) in [6.07, 6.45) is 5.77. The summed E-state index contributed by atoms with van der Waals surface area (Å²) in [5.41, 5.74) is 4.61. The zero-order valence-electron chi connectivity index (χ0n) is 18.1. The maximum absolute atomic E-state index is 6.50. The molecule has 6 heteroatoms. The first-order chi connectivity index (χ1) is 14.0. The van der Waals surface area contributed by atoms with E-state index in [1.54, 1.807) is 0 Å². The van der Waals surface area contributed by atoms with E-state index < -0.39 is 0 Å². The van der Waals surface area contributed by atoms with Crippen molar-refractivity contribution in [2.24, 2.45) is 12.0 Å². The number of aromatic nitrogens is 2. The van der Waals surface area contributed by atoms with Gasteiger partial charge < -0.3 is 15.4 Å². The second-order valence-corrected chi connectivity index (χ2v) is 8.40. The molecule has 1 atom stereocenters. The molecule has 0 bridgehead atoms. The number of fused-ring (bicyclic) bond motifs is 1. The summed E-state index contributed by atoms with van der Waals surface area (Å²) >= 11 is 0. The average molecular weight is 396 g/mol. The quantitative estimate of drug-likeness (QED) is 0.608.